The zero-order chi connectivity index (χ0) is 14.0. The first-order chi connectivity index (χ1) is 9.63. The molecule has 0 aliphatic heterocycles. The number of aromatic hydroxyl groups is 1. The molecule has 0 amide bonds. The Balaban J connectivity index is 1.97. The summed E-state index contributed by atoms with van der Waals surface area (Å²) in [5.74, 6) is -0.205. The Labute approximate surface area is 116 Å². The highest BCUT2D eigenvalue weighted by molar-refractivity contribution is 6.19. The molecule has 20 heavy (non-hydrogen) atoms. The summed E-state index contributed by atoms with van der Waals surface area (Å²) < 4.78 is 5.21. The topological polar surface area (TPSA) is 63.6 Å². The van der Waals surface area contributed by atoms with Gasteiger partial charge < -0.3 is 9.84 Å². The minimum Gasteiger partial charge on any atom is -0.507 e. The number of hydrogen-bond acceptors (Lipinski definition) is 4. The third-order valence-electron chi connectivity index (χ3n) is 4.92. The number of Topliss-reactive ketones (excluding diaryl/α,β-unsaturated/α-hetero) is 2. The molecular formula is C16H14O4. The molecule has 0 saturated heterocycles. The molecule has 0 unspecified atom stereocenters. The molecule has 4 nitrogen and oxygen atoms in total. The van der Waals surface area contributed by atoms with Crippen LogP contribution in [0.15, 0.2) is 24.3 Å². The third-order valence-corrected chi connectivity index (χ3v) is 4.92. The molecule has 102 valence electrons. The van der Waals surface area contributed by atoms with Gasteiger partial charge in [-0.25, -0.2) is 0 Å². The molecule has 4 heteroatoms. The summed E-state index contributed by atoms with van der Waals surface area (Å²) in [5, 5.41) is 10.0. The lowest BCUT2D eigenvalue weighted by Crippen LogP contribution is -2.39. The van der Waals surface area contributed by atoms with Crippen LogP contribution in [0.1, 0.15) is 27.1 Å². The molecule has 4 atom stereocenters. The fourth-order valence-electron chi connectivity index (χ4n) is 4.11. The lowest BCUT2D eigenvalue weighted by Gasteiger charge is -2.32. The molecule has 0 spiro atoms. The van der Waals surface area contributed by atoms with Gasteiger partial charge in [-0.05, 0) is 30.4 Å². The first kappa shape index (κ1) is 11.7. The summed E-state index contributed by atoms with van der Waals surface area (Å²) >= 11 is 0. The maximum absolute atomic E-state index is 12.8. The molecule has 3 aliphatic carbocycles. The van der Waals surface area contributed by atoms with E-state index in [2.05, 4.69) is 6.08 Å². The van der Waals surface area contributed by atoms with E-state index in [-0.39, 0.29) is 52.1 Å². The van der Waals surface area contributed by atoms with E-state index < -0.39 is 0 Å². The number of hydrogen-bond donors (Lipinski definition) is 1. The SMILES string of the molecule is COc1ccc(O)c2c1C(=O)[C@H]1[C@@H](C2=O)[C@H]2C=C[C@@H]1C2. The molecule has 0 aromatic heterocycles. The van der Waals surface area contributed by atoms with Crippen LogP contribution in [0.3, 0.4) is 0 Å². The lowest BCUT2D eigenvalue weighted by atomic mass is 9.69. The first-order valence-electron chi connectivity index (χ1n) is 6.80. The van der Waals surface area contributed by atoms with Gasteiger partial charge in [-0.1, -0.05) is 12.2 Å². The Morgan fingerprint density at radius 2 is 1.65 bits per heavy atom. The van der Waals surface area contributed by atoms with Crippen molar-refractivity contribution in [2.24, 2.45) is 23.7 Å². The van der Waals surface area contributed by atoms with E-state index in [0.717, 1.165) is 6.42 Å². The Hall–Kier alpha value is -2.10. The highest BCUT2D eigenvalue weighted by Gasteiger charge is 2.56. The normalized spacial score (nSPS) is 33.2. The van der Waals surface area contributed by atoms with E-state index in [1.807, 2.05) is 6.08 Å². The number of phenols is 1. The van der Waals surface area contributed by atoms with E-state index in [1.54, 1.807) is 6.07 Å². The standard InChI is InChI=1S/C16H14O4/c1-20-10-5-4-9(17)13-14(10)16(19)12-8-3-2-7(6-8)11(12)15(13)18/h2-5,7-8,11-12,17H,6H2,1H3/t7-,8+,11-,12+/m0/s1. The number of ketones is 2. The molecule has 1 saturated carbocycles. The molecule has 1 aromatic carbocycles. The average Bonchev–Trinajstić information content (AvgIpc) is 3.05. The number of phenolic OH excluding ortho intramolecular Hbond substituents is 1. The number of methoxy groups -OCH3 is 1. The van der Waals surface area contributed by atoms with Crippen molar-refractivity contribution in [3.05, 3.63) is 35.4 Å². The van der Waals surface area contributed by atoms with E-state index in [4.69, 9.17) is 4.74 Å². The van der Waals surface area contributed by atoms with Crippen LogP contribution in [0.4, 0.5) is 0 Å². The van der Waals surface area contributed by atoms with Crippen LogP contribution < -0.4 is 4.74 Å². The van der Waals surface area contributed by atoms with Crippen molar-refractivity contribution in [2.45, 2.75) is 6.42 Å². The van der Waals surface area contributed by atoms with Gasteiger partial charge in [0.1, 0.15) is 11.5 Å². The van der Waals surface area contributed by atoms with Crippen LogP contribution in [0.25, 0.3) is 0 Å². The number of carbonyl (C=O) groups is 2. The summed E-state index contributed by atoms with van der Waals surface area (Å²) in [6, 6.07) is 2.97. The summed E-state index contributed by atoms with van der Waals surface area (Å²) in [4.78, 5) is 25.5. The molecule has 2 bridgehead atoms. The first-order valence-corrected chi connectivity index (χ1v) is 6.80. The molecule has 3 aliphatic rings. The lowest BCUT2D eigenvalue weighted by molar-refractivity contribution is 0.0714. The van der Waals surface area contributed by atoms with Gasteiger partial charge in [-0.15, -0.1) is 0 Å². The second-order valence-corrected chi connectivity index (χ2v) is 5.77. The second kappa shape index (κ2) is 3.72. The number of fused-ring (bicyclic) bond motifs is 6. The Morgan fingerprint density at radius 1 is 1.05 bits per heavy atom. The Kier molecular flexibility index (Phi) is 2.18. The van der Waals surface area contributed by atoms with Gasteiger partial charge in [0.15, 0.2) is 11.6 Å². The smallest absolute Gasteiger partial charge is 0.171 e. The van der Waals surface area contributed by atoms with Gasteiger partial charge in [0.25, 0.3) is 0 Å². The van der Waals surface area contributed by atoms with Crippen molar-refractivity contribution >= 4 is 11.6 Å². The van der Waals surface area contributed by atoms with Gasteiger partial charge in [-0.3, -0.25) is 9.59 Å². The van der Waals surface area contributed by atoms with Gasteiger partial charge in [0, 0.05) is 11.8 Å². The number of carbonyl (C=O) groups excluding carboxylic acids is 2. The molecule has 4 rings (SSSR count). The fraction of sp³-hybridized carbons (Fsp3) is 0.375. The number of allylic oxidation sites excluding steroid dienone is 2. The Morgan fingerprint density at radius 3 is 2.25 bits per heavy atom. The van der Waals surface area contributed by atoms with Crippen LogP contribution in [-0.4, -0.2) is 23.8 Å². The number of ether oxygens (including phenoxy) is 1. The van der Waals surface area contributed by atoms with Crippen LogP contribution in [-0.2, 0) is 0 Å². The van der Waals surface area contributed by atoms with Crippen molar-refractivity contribution in [3.63, 3.8) is 0 Å². The maximum atomic E-state index is 12.8. The van der Waals surface area contributed by atoms with Gasteiger partial charge >= 0.3 is 0 Å². The second-order valence-electron chi connectivity index (χ2n) is 5.77. The maximum Gasteiger partial charge on any atom is 0.171 e. The van der Waals surface area contributed by atoms with Crippen LogP contribution >= 0.6 is 0 Å². The largest absolute Gasteiger partial charge is 0.507 e. The summed E-state index contributed by atoms with van der Waals surface area (Å²) in [6.07, 6.45) is 4.96. The van der Waals surface area contributed by atoms with Crippen LogP contribution in [0.2, 0.25) is 0 Å². The molecular weight excluding hydrogens is 256 g/mol. The van der Waals surface area contributed by atoms with Crippen molar-refractivity contribution < 1.29 is 19.4 Å². The van der Waals surface area contributed by atoms with E-state index in [0.29, 0.717) is 5.75 Å². The summed E-state index contributed by atoms with van der Waals surface area (Å²) in [6.45, 7) is 0. The molecule has 1 fully saturated rings. The highest BCUT2D eigenvalue weighted by Crippen LogP contribution is 2.54. The molecule has 1 aromatic rings. The number of rotatable bonds is 1. The fourth-order valence-corrected chi connectivity index (χ4v) is 4.11. The summed E-state index contributed by atoms with van der Waals surface area (Å²) in [7, 11) is 1.47. The van der Waals surface area contributed by atoms with Crippen molar-refractivity contribution in [1.29, 1.82) is 0 Å². The monoisotopic (exact) mass is 270 g/mol. The number of benzene rings is 1. The highest BCUT2D eigenvalue weighted by atomic mass is 16.5. The van der Waals surface area contributed by atoms with E-state index in [1.165, 1.54) is 13.2 Å². The Bertz CT molecular complexity index is 673. The van der Waals surface area contributed by atoms with Crippen molar-refractivity contribution in [1.82, 2.24) is 0 Å². The van der Waals surface area contributed by atoms with Crippen LogP contribution in [0, 0.1) is 23.7 Å². The molecule has 0 radical (unpaired) electrons. The minimum absolute atomic E-state index is 0.0609. The average molecular weight is 270 g/mol. The predicted molar refractivity (Wildman–Crippen MR) is 71.0 cm³/mol. The van der Waals surface area contributed by atoms with Gasteiger partial charge in [-0.2, -0.15) is 0 Å². The minimum atomic E-state index is -0.303. The molecule has 1 N–H and O–H groups in total. The third kappa shape index (κ3) is 1.22. The quantitative estimate of drug-likeness (QED) is 0.795. The van der Waals surface area contributed by atoms with E-state index >= 15 is 0 Å². The van der Waals surface area contributed by atoms with Crippen molar-refractivity contribution in [2.75, 3.05) is 7.11 Å². The zero-order valence-electron chi connectivity index (χ0n) is 11.0. The van der Waals surface area contributed by atoms with Crippen molar-refractivity contribution in [3.8, 4) is 11.5 Å². The predicted octanol–water partition coefficient (Wildman–Crippen LogP) is 2.22. The van der Waals surface area contributed by atoms with Crippen LogP contribution in [0.5, 0.6) is 11.5 Å². The summed E-state index contributed by atoms with van der Waals surface area (Å²) in [5.41, 5.74) is 0.413. The van der Waals surface area contributed by atoms with E-state index in [9.17, 15) is 14.7 Å². The molecule has 0 heterocycles. The van der Waals surface area contributed by atoms with Gasteiger partial charge in [0.05, 0.1) is 18.2 Å². The zero-order valence-corrected chi connectivity index (χ0v) is 11.0. The van der Waals surface area contributed by atoms with Gasteiger partial charge in [0.2, 0.25) is 0 Å².